The van der Waals surface area contributed by atoms with Gasteiger partial charge in [-0.25, -0.2) is 5.06 Å². The van der Waals surface area contributed by atoms with Gasteiger partial charge in [-0.1, -0.05) is 36.4 Å². The third-order valence-corrected chi connectivity index (χ3v) is 2.16. The average molecular weight is 236 g/mol. The minimum atomic E-state index is 0. The lowest BCUT2D eigenvalue weighted by Gasteiger charge is -2.21. The van der Waals surface area contributed by atoms with Crippen molar-refractivity contribution in [1.82, 2.24) is 0 Å². The molecule has 0 fully saturated rings. The van der Waals surface area contributed by atoms with Crippen molar-refractivity contribution in [2.45, 2.75) is 0 Å². The first kappa shape index (κ1) is 12.6. The molecule has 2 rings (SSSR count). The van der Waals surface area contributed by atoms with Crippen LogP contribution in [0, 0.1) is 0 Å². The molecule has 3 heteroatoms. The highest BCUT2D eigenvalue weighted by atomic mass is 35.5. The van der Waals surface area contributed by atoms with E-state index in [4.69, 9.17) is 4.84 Å². The Kier molecular flexibility index (Phi) is 4.83. The van der Waals surface area contributed by atoms with Crippen molar-refractivity contribution in [2.75, 3.05) is 12.2 Å². The predicted molar refractivity (Wildman–Crippen MR) is 69.3 cm³/mol. The summed E-state index contributed by atoms with van der Waals surface area (Å²) >= 11 is 0. The predicted octanol–water partition coefficient (Wildman–Crippen LogP) is 3.81. The quantitative estimate of drug-likeness (QED) is 0.751. The monoisotopic (exact) mass is 235 g/mol. The van der Waals surface area contributed by atoms with Crippen LogP contribution in [0.5, 0.6) is 0 Å². The Morgan fingerprint density at radius 2 is 1.12 bits per heavy atom. The van der Waals surface area contributed by atoms with Crippen LogP contribution in [0.4, 0.5) is 11.4 Å². The van der Waals surface area contributed by atoms with Crippen LogP contribution in [0.25, 0.3) is 0 Å². The lowest BCUT2D eigenvalue weighted by atomic mass is 10.2. The Morgan fingerprint density at radius 1 is 0.750 bits per heavy atom. The van der Waals surface area contributed by atoms with Crippen LogP contribution in [-0.4, -0.2) is 7.11 Å². The van der Waals surface area contributed by atoms with Crippen molar-refractivity contribution in [1.29, 1.82) is 0 Å². The summed E-state index contributed by atoms with van der Waals surface area (Å²) in [6.45, 7) is 0. The van der Waals surface area contributed by atoms with Gasteiger partial charge in [0.1, 0.15) is 0 Å². The molecule has 0 atom stereocenters. The summed E-state index contributed by atoms with van der Waals surface area (Å²) in [5.74, 6) is 0. The van der Waals surface area contributed by atoms with E-state index in [0.29, 0.717) is 0 Å². The highest BCUT2D eigenvalue weighted by molar-refractivity contribution is 5.85. The number of hydrogen-bond acceptors (Lipinski definition) is 2. The van der Waals surface area contributed by atoms with E-state index in [2.05, 4.69) is 0 Å². The van der Waals surface area contributed by atoms with Crippen molar-refractivity contribution in [2.24, 2.45) is 0 Å². The standard InChI is InChI=1S/C13H13NO.ClH/c1-15-14(12-8-4-2-5-9-12)13-10-6-3-7-11-13;/h2-11H,1H3;1H. The number of halogens is 1. The van der Waals surface area contributed by atoms with Gasteiger partial charge in [0.05, 0.1) is 18.5 Å². The number of rotatable bonds is 3. The molecule has 0 aliphatic carbocycles. The fourth-order valence-electron chi connectivity index (χ4n) is 1.49. The maximum absolute atomic E-state index is 5.36. The van der Waals surface area contributed by atoms with Gasteiger partial charge in [-0.2, -0.15) is 0 Å². The van der Waals surface area contributed by atoms with Crippen molar-refractivity contribution in [3.05, 3.63) is 60.7 Å². The van der Waals surface area contributed by atoms with Crippen molar-refractivity contribution < 1.29 is 4.84 Å². The lowest BCUT2D eigenvalue weighted by Crippen LogP contribution is -2.14. The first-order valence-corrected chi connectivity index (χ1v) is 4.86. The summed E-state index contributed by atoms with van der Waals surface area (Å²) in [5, 5.41) is 1.79. The molecule has 0 amide bonds. The summed E-state index contributed by atoms with van der Waals surface area (Å²) in [7, 11) is 1.67. The van der Waals surface area contributed by atoms with Crippen LogP contribution in [-0.2, 0) is 4.84 Å². The molecule has 0 N–H and O–H groups in total. The third kappa shape index (κ3) is 2.75. The largest absolute Gasteiger partial charge is 0.272 e. The maximum atomic E-state index is 5.36. The van der Waals surface area contributed by atoms with E-state index in [0.717, 1.165) is 11.4 Å². The first-order valence-electron chi connectivity index (χ1n) is 4.86. The van der Waals surface area contributed by atoms with Gasteiger partial charge in [0.25, 0.3) is 0 Å². The smallest absolute Gasteiger partial charge is 0.0695 e. The van der Waals surface area contributed by atoms with Gasteiger partial charge in [0.2, 0.25) is 0 Å². The summed E-state index contributed by atoms with van der Waals surface area (Å²) in [6, 6.07) is 20.0. The van der Waals surface area contributed by atoms with E-state index >= 15 is 0 Å². The summed E-state index contributed by atoms with van der Waals surface area (Å²) in [5.41, 5.74) is 2.04. The van der Waals surface area contributed by atoms with E-state index in [1.54, 1.807) is 12.2 Å². The molecule has 0 radical (unpaired) electrons. The molecule has 2 aromatic rings. The molecular formula is C13H14ClNO. The van der Waals surface area contributed by atoms with E-state index in [1.165, 1.54) is 0 Å². The number of para-hydroxylation sites is 2. The van der Waals surface area contributed by atoms with Gasteiger partial charge in [0.15, 0.2) is 0 Å². The second-order valence-electron chi connectivity index (χ2n) is 3.15. The van der Waals surface area contributed by atoms with Crippen LogP contribution < -0.4 is 5.06 Å². The fraction of sp³-hybridized carbons (Fsp3) is 0.0769. The molecule has 2 aromatic carbocycles. The topological polar surface area (TPSA) is 12.5 Å². The maximum Gasteiger partial charge on any atom is 0.0695 e. The molecule has 84 valence electrons. The zero-order chi connectivity index (χ0) is 10.5. The zero-order valence-corrected chi connectivity index (χ0v) is 9.85. The first-order chi connectivity index (χ1) is 7.42. The Bertz CT molecular complexity index is 365. The highest BCUT2D eigenvalue weighted by Gasteiger charge is 2.06. The Labute approximate surface area is 102 Å². The van der Waals surface area contributed by atoms with Gasteiger partial charge >= 0.3 is 0 Å². The normalized spacial score (nSPS) is 9.31. The van der Waals surface area contributed by atoms with Gasteiger partial charge < -0.3 is 0 Å². The molecule has 2 nitrogen and oxygen atoms in total. The molecule has 0 aliphatic rings. The number of benzene rings is 2. The molecule has 0 aliphatic heterocycles. The van der Waals surface area contributed by atoms with Crippen molar-refractivity contribution >= 4 is 23.8 Å². The average Bonchev–Trinajstić information content (AvgIpc) is 2.33. The SMILES string of the molecule is CON(c1ccccc1)c1ccccc1.Cl. The van der Waals surface area contributed by atoms with E-state index in [1.807, 2.05) is 60.7 Å². The Balaban J connectivity index is 0.00000128. The van der Waals surface area contributed by atoms with Gasteiger partial charge in [-0.05, 0) is 24.3 Å². The second-order valence-corrected chi connectivity index (χ2v) is 3.15. The molecule has 0 heterocycles. The van der Waals surface area contributed by atoms with Crippen LogP contribution in [0.2, 0.25) is 0 Å². The molecule has 0 spiro atoms. The summed E-state index contributed by atoms with van der Waals surface area (Å²) in [6.07, 6.45) is 0. The van der Waals surface area contributed by atoms with Gasteiger partial charge in [-0.15, -0.1) is 12.4 Å². The number of hydrogen-bond donors (Lipinski definition) is 0. The molecule has 0 bridgehead atoms. The Morgan fingerprint density at radius 3 is 1.44 bits per heavy atom. The van der Waals surface area contributed by atoms with Crippen LogP contribution >= 0.6 is 12.4 Å². The minimum absolute atomic E-state index is 0. The molecular weight excluding hydrogens is 222 g/mol. The number of nitrogens with zero attached hydrogens (tertiary/aromatic N) is 1. The third-order valence-electron chi connectivity index (χ3n) is 2.16. The van der Waals surface area contributed by atoms with Crippen molar-refractivity contribution in [3.63, 3.8) is 0 Å². The van der Waals surface area contributed by atoms with Gasteiger partial charge in [-0.3, -0.25) is 4.84 Å². The summed E-state index contributed by atoms with van der Waals surface area (Å²) < 4.78 is 0. The molecule has 16 heavy (non-hydrogen) atoms. The zero-order valence-electron chi connectivity index (χ0n) is 9.04. The Hall–Kier alpha value is -1.51. The number of anilines is 2. The van der Waals surface area contributed by atoms with E-state index in [-0.39, 0.29) is 12.4 Å². The van der Waals surface area contributed by atoms with E-state index < -0.39 is 0 Å². The van der Waals surface area contributed by atoms with Crippen LogP contribution in [0.15, 0.2) is 60.7 Å². The molecule has 0 aromatic heterocycles. The van der Waals surface area contributed by atoms with Crippen LogP contribution in [0.1, 0.15) is 0 Å². The molecule has 0 saturated carbocycles. The van der Waals surface area contributed by atoms with E-state index in [9.17, 15) is 0 Å². The van der Waals surface area contributed by atoms with Crippen molar-refractivity contribution in [3.8, 4) is 0 Å². The molecule has 0 saturated heterocycles. The minimum Gasteiger partial charge on any atom is -0.272 e. The lowest BCUT2D eigenvalue weighted by molar-refractivity contribution is 0.201. The summed E-state index contributed by atoms with van der Waals surface area (Å²) in [4.78, 5) is 5.36. The fourth-order valence-corrected chi connectivity index (χ4v) is 1.49. The van der Waals surface area contributed by atoms with Crippen LogP contribution in [0.3, 0.4) is 0 Å². The van der Waals surface area contributed by atoms with Gasteiger partial charge in [0, 0.05) is 0 Å². The molecule has 0 unspecified atom stereocenters. The highest BCUT2D eigenvalue weighted by Crippen LogP contribution is 2.24. The second kappa shape index (κ2) is 6.16.